The summed E-state index contributed by atoms with van der Waals surface area (Å²) in [6.45, 7) is 2.84. The van der Waals surface area contributed by atoms with Gasteiger partial charge in [-0.15, -0.1) is 0 Å². The second kappa shape index (κ2) is 9.11. The molecule has 2 amide bonds. The van der Waals surface area contributed by atoms with E-state index in [1.165, 1.54) is 24.3 Å². The summed E-state index contributed by atoms with van der Waals surface area (Å²) in [4.78, 5) is 22.7. The normalized spacial score (nSPS) is 14.6. The molecule has 7 nitrogen and oxygen atoms in total. The second-order valence-electron chi connectivity index (χ2n) is 5.83. The lowest BCUT2D eigenvalue weighted by atomic mass is 10.3. The highest BCUT2D eigenvalue weighted by Gasteiger charge is 2.29. The molecule has 0 aliphatic carbocycles. The summed E-state index contributed by atoms with van der Waals surface area (Å²) in [7, 11) is 0. The first-order valence-electron chi connectivity index (χ1n) is 8.44. The number of morpholine rings is 1. The Bertz CT molecular complexity index is 798. The van der Waals surface area contributed by atoms with Crippen molar-refractivity contribution in [2.75, 3.05) is 36.5 Å². The minimum atomic E-state index is -4.34. The Hall–Kier alpha value is -2.53. The van der Waals surface area contributed by atoms with Gasteiger partial charge < -0.3 is 20.3 Å². The number of hydrogen-bond acceptors (Lipinski definition) is 6. The molecule has 150 valence electrons. The molecule has 0 atom stereocenters. The van der Waals surface area contributed by atoms with Gasteiger partial charge in [-0.05, 0) is 42.1 Å². The fourth-order valence-corrected chi connectivity index (χ4v) is 3.02. The Morgan fingerprint density at radius 2 is 1.89 bits per heavy atom. The van der Waals surface area contributed by atoms with Crippen molar-refractivity contribution in [3.63, 3.8) is 0 Å². The van der Waals surface area contributed by atoms with Crippen LogP contribution in [-0.4, -0.2) is 47.8 Å². The Labute approximate surface area is 163 Å². The Morgan fingerprint density at radius 1 is 1.18 bits per heavy atom. The van der Waals surface area contributed by atoms with Gasteiger partial charge in [0, 0.05) is 29.9 Å². The van der Waals surface area contributed by atoms with Crippen LogP contribution in [0.2, 0.25) is 0 Å². The van der Waals surface area contributed by atoms with Crippen LogP contribution in [-0.2, 0) is 11.3 Å². The molecule has 1 aliphatic heterocycles. The highest BCUT2D eigenvalue weighted by molar-refractivity contribution is 8.00. The third-order valence-electron chi connectivity index (χ3n) is 3.77. The minimum absolute atomic E-state index is 0.0510. The standard InChI is InChI=1S/C17H18F3N5O2S/c18-17(19,20)28-14-3-1-12(2-4-14)24-16(26)22-11-13-5-6-21-15(23-13)25-7-9-27-10-8-25/h1-6H,7-11H2,(H2,22,24,26). The van der Waals surface area contributed by atoms with E-state index in [9.17, 15) is 18.0 Å². The lowest BCUT2D eigenvalue weighted by molar-refractivity contribution is -0.0328. The number of hydrogen-bond donors (Lipinski definition) is 2. The van der Waals surface area contributed by atoms with Crippen molar-refractivity contribution in [2.24, 2.45) is 0 Å². The summed E-state index contributed by atoms with van der Waals surface area (Å²) in [5, 5.41) is 5.23. The largest absolute Gasteiger partial charge is 0.446 e. The van der Waals surface area contributed by atoms with Crippen LogP contribution in [0, 0.1) is 0 Å². The maximum absolute atomic E-state index is 12.3. The number of amides is 2. The van der Waals surface area contributed by atoms with Crippen LogP contribution in [0.5, 0.6) is 0 Å². The molecule has 1 aromatic heterocycles. The lowest BCUT2D eigenvalue weighted by Gasteiger charge is -2.26. The van der Waals surface area contributed by atoms with Gasteiger partial charge in [-0.2, -0.15) is 13.2 Å². The van der Waals surface area contributed by atoms with Crippen LogP contribution < -0.4 is 15.5 Å². The first kappa shape index (κ1) is 20.2. The van der Waals surface area contributed by atoms with Gasteiger partial charge in [0.25, 0.3) is 0 Å². The number of nitrogens with zero attached hydrogens (tertiary/aromatic N) is 3. The van der Waals surface area contributed by atoms with Gasteiger partial charge in [0.2, 0.25) is 5.95 Å². The summed E-state index contributed by atoms with van der Waals surface area (Å²) >= 11 is -0.205. The lowest BCUT2D eigenvalue weighted by Crippen LogP contribution is -2.37. The molecule has 28 heavy (non-hydrogen) atoms. The second-order valence-corrected chi connectivity index (χ2v) is 6.97. The average molecular weight is 413 g/mol. The van der Waals surface area contributed by atoms with E-state index in [4.69, 9.17) is 4.74 Å². The Kier molecular flexibility index (Phi) is 6.57. The van der Waals surface area contributed by atoms with Crippen LogP contribution in [0.25, 0.3) is 0 Å². The van der Waals surface area contributed by atoms with E-state index >= 15 is 0 Å². The zero-order chi connectivity index (χ0) is 20.0. The predicted molar refractivity (Wildman–Crippen MR) is 99.3 cm³/mol. The zero-order valence-corrected chi connectivity index (χ0v) is 15.5. The van der Waals surface area contributed by atoms with E-state index in [0.717, 1.165) is 0 Å². The minimum Gasteiger partial charge on any atom is -0.378 e. The molecule has 0 radical (unpaired) electrons. The number of nitrogens with one attached hydrogen (secondary N) is 2. The van der Waals surface area contributed by atoms with Crippen molar-refractivity contribution in [3.05, 3.63) is 42.2 Å². The molecule has 11 heteroatoms. The number of aromatic nitrogens is 2. The van der Waals surface area contributed by atoms with Gasteiger partial charge in [-0.1, -0.05) is 0 Å². The maximum Gasteiger partial charge on any atom is 0.446 e. The fraction of sp³-hybridized carbons (Fsp3) is 0.353. The summed E-state index contributed by atoms with van der Waals surface area (Å²) in [5.41, 5.74) is -3.31. The fourth-order valence-electron chi connectivity index (χ4n) is 2.48. The number of alkyl halides is 3. The Balaban J connectivity index is 1.50. The van der Waals surface area contributed by atoms with Crippen molar-refractivity contribution in [3.8, 4) is 0 Å². The molecular weight excluding hydrogens is 395 g/mol. The molecule has 1 aliphatic rings. The molecule has 3 rings (SSSR count). The van der Waals surface area contributed by atoms with Gasteiger partial charge in [0.1, 0.15) is 0 Å². The molecule has 0 saturated carbocycles. The molecule has 1 aromatic carbocycles. The highest BCUT2D eigenvalue weighted by Crippen LogP contribution is 2.37. The van der Waals surface area contributed by atoms with Crippen LogP contribution in [0.3, 0.4) is 0 Å². The number of benzene rings is 1. The number of rotatable bonds is 5. The molecule has 0 unspecified atom stereocenters. The summed E-state index contributed by atoms with van der Waals surface area (Å²) < 4.78 is 42.3. The number of carbonyl (C=O) groups is 1. The smallest absolute Gasteiger partial charge is 0.378 e. The number of thioether (sulfide) groups is 1. The SMILES string of the molecule is O=C(NCc1ccnc(N2CCOCC2)n1)Nc1ccc(SC(F)(F)F)cc1. The third-order valence-corrected chi connectivity index (χ3v) is 4.51. The monoisotopic (exact) mass is 413 g/mol. The first-order chi connectivity index (χ1) is 13.4. The van der Waals surface area contributed by atoms with Crippen LogP contribution in [0.15, 0.2) is 41.4 Å². The molecule has 1 saturated heterocycles. The average Bonchev–Trinajstić information content (AvgIpc) is 2.68. The molecule has 2 heterocycles. The van der Waals surface area contributed by atoms with Gasteiger partial charge in [0.05, 0.1) is 25.5 Å². The number of anilines is 2. The zero-order valence-electron chi connectivity index (χ0n) is 14.7. The van der Waals surface area contributed by atoms with E-state index in [-0.39, 0.29) is 23.2 Å². The Morgan fingerprint density at radius 3 is 2.57 bits per heavy atom. The van der Waals surface area contributed by atoms with Crippen molar-refractivity contribution in [1.29, 1.82) is 0 Å². The maximum atomic E-state index is 12.3. The van der Waals surface area contributed by atoms with Crippen LogP contribution in [0.1, 0.15) is 5.69 Å². The predicted octanol–water partition coefficient (Wildman–Crippen LogP) is 3.25. The van der Waals surface area contributed by atoms with Gasteiger partial charge in [-0.25, -0.2) is 14.8 Å². The summed E-state index contributed by atoms with van der Waals surface area (Å²) in [5.74, 6) is 0.584. The summed E-state index contributed by atoms with van der Waals surface area (Å²) in [6, 6.07) is 6.64. The van der Waals surface area contributed by atoms with E-state index in [1.807, 2.05) is 4.90 Å². The number of urea groups is 1. The van der Waals surface area contributed by atoms with E-state index in [1.54, 1.807) is 12.3 Å². The highest BCUT2D eigenvalue weighted by atomic mass is 32.2. The van der Waals surface area contributed by atoms with Gasteiger partial charge >= 0.3 is 11.5 Å². The van der Waals surface area contributed by atoms with Crippen LogP contribution >= 0.6 is 11.8 Å². The van der Waals surface area contributed by atoms with Gasteiger partial charge in [0.15, 0.2) is 0 Å². The van der Waals surface area contributed by atoms with Crippen molar-refractivity contribution in [1.82, 2.24) is 15.3 Å². The molecule has 1 fully saturated rings. The molecule has 2 aromatic rings. The van der Waals surface area contributed by atoms with E-state index in [2.05, 4.69) is 20.6 Å². The number of carbonyl (C=O) groups excluding carboxylic acids is 1. The number of halogens is 3. The van der Waals surface area contributed by atoms with Crippen molar-refractivity contribution in [2.45, 2.75) is 16.9 Å². The summed E-state index contributed by atoms with van der Waals surface area (Å²) in [6.07, 6.45) is 1.63. The molecule has 0 bridgehead atoms. The van der Waals surface area contributed by atoms with Gasteiger partial charge in [-0.3, -0.25) is 0 Å². The number of ether oxygens (including phenoxy) is 1. The van der Waals surface area contributed by atoms with E-state index < -0.39 is 11.5 Å². The van der Waals surface area contributed by atoms with Crippen molar-refractivity contribution < 1.29 is 22.7 Å². The molecule has 0 spiro atoms. The third kappa shape index (κ3) is 6.27. The molecular formula is C17H18F3N5O2S. The molecule has 2 N–H and O–H groups in total. The van der Waals surface area contributed by atoms with Crippen molar-refractivity contribution >= 4 is 29.4 Å². The topological polar surface area (TPSA) is 79.4 Å². The van der Waals surface area contributed by atoms with E-state index in [0.29, 0.717) is 43.6 Å². The first-order valence-corrected chi connectivity index (χ1v) is 9.26. The quantitative estimate of drug-likeness (QED) is 0.733. The van der Waals surface area contributed by atoms with Crippen LogP contribution in [0.4, 0.5) is 29.6 Å².